The van der Waals surface area contributed by atoms with Crippen LogP contribution in [-0.2, 0) is 24.2 Å². The molecule has 0 fully saturated rings. The Hall–Kier alpha value is -1.75. The van der Waals surface area contributed by atoms with Crippen LogP contribution in [0.2, 0.25) is 0 Å². The molecule has 25 heavy (non-hydrogen) atoms. The smallest absolute Gasteiger partial charge is 0.410 e. The number of benzene rings is 1. The maximum atomic E-state index is 12.5. The van der Waals surface area contributed by atoms with Gasteiger partial charge in [-0.25, -0.2) is 4.79 Å². The number of carbonyl (C=O) groups excluding carboxylic acids is 1. The van der Waals surface area contributed by atoms with E-state index < -0.39 is 5.60 Å². The maximum Gasteiger partial charge on any atom is 0.410 e. The molecule has 140 valence electrons. The van der Waals surface area contributed by atoms with Gasteiger partial charge in [-0.3, -0.25) is 0 Å². The van der Waals surface area contributed by atoms with E-state index in [0.29, 0.717) is 13.2 Å². The second kappa shape index (κ2) is 8.09. The van der Waals surface area contributed by atoms with Gasteiger partial charge in [0.25, 0.3) is 0 Å². The molecule has 1 aliphatic rings. The van der Waals surface area contributed by atoms with E-state index in [2.05, 4.69) is 31.3 Å². The lowest BCUT2D eigenvalue weighted by Crippen LogP contribution is -2.45. The van der Waals surface area contributed by atoms with Crippen LogP contribution < -0.4 is 10.1 Å². The van der Waals surface area contributed by atoms with E-state index in [1.807, 2.05) is 32.6 Å². The van der Waals surface area contributed by atoms with Crippen LogP contribution in [0.4, 0.5) is 4.79 Å². The average Bonchev–Trinajstić information content (AvgIpc) is 2.51. The highest BCUT2D eigenvalue weighted by molar-refractivity contribution is 5.69. The van der Waals surface area contributed by atoms with Crippen LogP contribution in [0.25, 0.3) is 0 Å². The summed E-state index contributed by atoms with van der Waals surface area (Å²) in [4.78, 5) is 14.3. The number of hydrogen-bond donors (Lipinski definition) is 1. The number of fused-ring (bicyclic) bond motifs is 1. The monoisotopic (exact) mass is 348 g/mol. The van der Waals surface area contributed by atoms with E-state index in [1.165, 1.54) is 11.1 Å². The zero-order chi connectivity index (χ0) is 18.6. The molecule has 1 aromatic rings. The Morgan fingerprint density at radius 3 is 2.60 bits per heavy atom. The van der Waals surface area contributed by atoms with Gasteiger partial charge >= 0.3 is 6.09 Å². The summed E-state index contributed by atoms with van der Waals surface area (Å²) in [6, 6.07) is 4.44. The van der Waals surface area contributed by atoms with Crippen molar-refractivity contribution in [2.24, 2.45) is 0 Å². The van der Waals surface area contributed by atoms with Crippen LogP contribution in [0.3, 0.4) is 0 Å². The minimum Gasteiger partial charge on any atom is -0.494 e. The zero-order valence-corrected chi connectivity index (χ0v) is 16.4. The molecule has 1 unspecified atom stereocenters. The minimum atomic E-state index is -0.483. The van der Waals surface area contributed by atoms with E-state index >= 15 is 0 Å². The van der Waals surface area contributed by atoms with E-state index in [9.17, 15) is 4.79 Å². The normalized spacial score (nSPS) is 17.2. The quantitative estimate of drug-likeness (QED) is 0.877. The highest BCUT2D eigenvalue weighted by Crippen LogP contribution is 2.31. The lowest BCUT2D eigenvalue weighted by atomic mass is 9.92. The van der Waals surface area contributed by atoms with Gasteiger partial charge in [0.05, 0.1) is 6.61 Å². The Kier molecular flexibility index (Phi) is 6.33. The third-order valence-electron chi connectivity index (χ3n) is 4.26. The Bertz CT molecular complexity index is 608. The fourth-order valence-electron chi connectivity index (χ4n) is 3.08. The van der Waals surface area contributed by atoms with E-state index in [4.69, 9.17) is 9.47 Å². The molecule has 0 saturated carbocycles. The summed E-state index contributed by atoms with van der Waals surface area (Å²) < 4.78 is 11.4. The van der Waals surface area contributed by atoms with Crippen molar-refractivity contribution in [2.75, 3.05) is 13.2 Å². The molecule has 0 aliphatic carbocycles. The fraction of sp³-hybridized carbons (Fsp3) is 0.650. The Morgan fingerprint density at radius 1 is 1.28 bits per heavy atom. The summed E-state index contributed by atoms with van der Waals surface area (Å²) in [6.07, 6.45) is 0.584. The van der Waals surface area contributed by atoms with E-state index in [0.717, 1.165) is 30.8 Å². The molecule has 0 aromatic heterocycles. The lowest BCUT2D eigenvalue weighted by molar-refractivity contribution is 0.0138. The molecule has 1 amide bonds. The SMILES string of the molecule is CCNCc1cc2c(cc1OCC)CN(C(=O)OC(C)(C)C)C(C)C2. The molecule has 0 saturated heterocycles. The maximum absolute atomic E-state index is 12.5. The molecular formula is C20H32N2O3. The number of rotatable bonds is 5. The van der Waals surface area contributed by atoms with Gasteiger partial charge in [-0.15, -0.1) is 0 Å². The summed E-state index contributed by atoms with van der Waals surface area (Å²) in [5.74, 6) is 0.904. The average molecular weight is 348 g/mol. The number of carbonyl (C=O) groups is 1. The van der Waals surface area contributed by atoms with Crippen LogP contribution in [0.1, 0.15) is 58.2 Å². The van der Waals surface area contributed by atoms with Crippen molar-refractivity contribution in [1.29, 1.82) is 0 Å². The van der Waals surface area contributed by atoms with Gasteiger partial charge in [-0.1, -0.05) is 13.0 Å². The van der Waals surface area contributed by atoms with Crippen LogP contribution in [-0.4, -0.2) is 35.8 Å². The lowest BCUT2D eigenvalue weighted by Gasteiger charge is -2.36. The summed E-state index contributed by atoms with van der Waals surface area (Å²) >= 11 is 0. The third-order valence-corrected chi connectivity index (χ3v) is 4.26. The van der Waals surface area contributed by atoms with Crippen LogP contribution in [0, 0.1) is 0 Å². The predicted molar refractivity (Wildman–Crippen MR) is 99.9 cm³/mol. The van der Waals surface area contributed by atoms with Crippen molar-refractivity contribution in [2.45, 2.75) is 72.7 Å². The molecular weight excluding hydrogens is 316 g/mol. The number of hydrogen-bond acceptors (Lipinski definition) is 4. The molecule has 0 radical (unpaired) electrons. The number of ether oxygens (including phenoxy) is 2. The molecule has 0 bridgehead atoms. The molecule has 1 aliphatic heterocycles. The molecule has 1 N–H and O–H groups in total. The molecule has 2 rings (SSSR count). The molecule has 5 heteroatoms. The standard InChI is InChI=1S/C20H32N2O3/c1-7-21-12-16-10-15-9-14(3)22(19(23)25-20(4,5)6)13-17(15)11-18(16)24-8-2/h10-11,14,21H,7-9,12-13H2,1-6H3. The van der Waals surface area contributed by atoms with Crippen molar-refractivity contribution in [1.82, 2.24) is 10.2 Å². The number of amides is 1. The van der Waals surface area contributed by atoms with Crippen molar-refractivity contribution < 1.29 is 14.3 Å². The minimum absolute atomic E-state index is 0.118. The van der Waals surface area contributed by atoms with Gasteiger partial charge in [-0.05, 0) is 64.8 Å². The van der Waals surface area contributed by atoms with E-state index in [-0.39, 0.29) is 12.1 Å². The number of nitrogens with zero attached hydrogens (tertiary/aromatic N) is 1. The summed E-state index contributed by atoms with van der Waals surface area (Å²) in [5.41, 5.74) is 3.14. The molecule has 5 nitrogen and oxygen atoms in total. The first-order valence-electron chi connectivity index (χ1n) is 9.23. The van der Waals surface area contributed by atoms with Gasteiger partial charge in [0.2, 0.25) is 0 Å². The Balaban J connectivity index is 2.26. The van der Waals surface area contributed by atoms with Gasteiger partial charge in [0.1, 0.15) is 11.4 Å². The first-order valence-corrected chi connectivity index (χ1v) is 9.23. The highest BCUT2D eigenvalue weighted by Gasteiger charge is 2.31. The van der Waals surface area contributed by atoms with Gasteiger partial charge in [-0.2, -0.15) is 0 Å². The van der Waals surface area contributed by atoms with Gasteiger partial charge < -0.3 is 19.7 Å². The van der Waals surface area contributed by atoms with Crippen molar-refractivity contribution in [3.8, 4) is 5.75 Å². The Morgan fingerprint density at radius 2 is 2.00 bits per heavy atom. The second-order valence-corrected chi connectivity index (χ2v) is 7.60. The van der Waals surface area contributed by atoms with Gasteiger partial charge in [0, 0.05) is 24.7 Å². The highest BCUT2D eigenvalue weighted by atomic mass is 16.6. The molecule has 1 aromatic carbocycles. The first kappa shape index (κ1) is 19.6. The first-order chi connectivity index (χ1) is 11.7. The van der Waals surface area contributed by atoms with Crippen LogP contribution in [0.5, 0.6) is 5.75 Å². The Labute approximate surface area is 151 Å². The van der Waals surface area contributed by atoms with Crippen LogP contribution in [0.15, 0.2) is 12.1 Å². The fourth-order valence-corrected chi connectivity index (χ4v) is 3.08. The van der Waals surface area contributed by atoms with Crippen LogP contribution >= 0.6 is 0 Å². The number of nitrogens with one attached hydrogen (secondary N) is 1. The third kappa shape index (κ3) is 5.11. The van der Waals surface area contributed by atoms with Crippen molar-refractivity contribution >= 4 is 6.09 Å². The molecule has 1 heterocycles. The summed E-state index contributed by atoms with van der Waals surface area (Å²) in [6.45, 7) is 14.8. The topological polar surface area (TPSA) is 50.8 Å². The molecule has 1 atom stereocenters. The van der Waals surface area contributed by atoms with E-state index in [1.54, 1.807) is 0 Å². The van der Waals surface area contributed by atoms with Gasteiger partial charge in [0.15, 0.2) is 0 Å². The van der Waals surface area contributed by atoms with Crippen molar-refractivity contribution in [3.63, 3.8) is 0 Å². The predicted octanol–water partition coefficient (Wildman–Crippen LogP) is 3.88. The summed E-state index contributed by atoms with van der Waals surface area (Å²) in [5, 5.41) is 3.37. The van der Waals surface area contributed by atoms with Crippen molar-refractivity contribution in [3.05, 3.63) is 28.8 Å². The largest absolute Gasteiger partial charge is 0.494 e. The summed E-state index contributed by atoms with van der Waals surface area (Å²) in [7, 11) is 0. The molecule has 0 spiro atoms. The zero-order valence-electron chi connectivity index (χ0n) is 16.4. The second-order valence-electron chi connectivity index (χ2n) is 7.60.